The number of aliphatic hydroxyl groups excluding tert-OH is 2. The number of esters is 1. The summed E-state index contributed by atoms with van der Waals surface area (Å²) >= 11 is 0. The van der Waals surface area contributed by atoms with Gasteiger partial charge in [0.15, 0.2) is 5.84 Å². The predicted molar refractivity (Wildman–Crippen MR) is 94.1 cm³/mol. The molecule has 3 aliphatic heterocycles. The van der Waals surface area contributed by atoms with Crippen LogP contribution in [-0.2, 0) is 14.3 Å². The normalized spacial score (nSPS) is 39.0. The third-order valence-electron chi connectivity index (χ3n) is 5.61. The van der Waals surface area contributed by atoms with Gasteiger partial charge in [0.2, 0.25) is 0 Å². The smallest absolute Gasteiger partial charge is 0.308 e. The molecule has 26 heavy (non-hydrogen) atoms. The van der Waals surface area contributed by atoms with Gasteiger partial charge in [-0.3, -0.25) is 9.80 Å². The van der Waals surface area contributed by atoms with E-state index in [-0.39, 0.29) is 18.5 Å². The third kappa shape index (κ3) is 2.62. The number of carbonyl (C=O) groups is 1. The topological polar surface area (TPSA) is 130 Å². The highest BCUT2D eigenvalue weighted by Crippen LogP contribution is 2.49. The molecule has 0 amide bonds. The molecule has 0 aromatic rings. The molecule has 0 radical (unpaired) electrons. The van der Waals surface area contributed by atoms with Crippen molar-refractivity contribution in [3.8, 4) is 0 Å². The van der Waals surface area contributed by atoms with Crippen LogP contribution >= 0.6 is 0 Å². The second-order valence-electron chi connectivity index (χ2n) is 7.61. The summed E-state index contributed by atoms with van der Waals surface area (Å²) in [4.78, 5) is 15.7. The van der Waals surface area contributed by atoms with E-state index in [2.05, 4.69) is 10.1 Å². The third-order valence-corrected chi connectivity index (χ3v) is 5.61. The van der Waals surface area contributed by atoms with Crippen LogP contribution in [0.25, 0.3) is 0 Å². The summed E-state index contributed by atoms with van der Waals surface area (Å²) < 4.78 is 11.3. The zero-order valence-corrected chi connectivity index (χ0v) is 15.4. The SMILES string of the molecule is CC(C)C(=O)OC[C@H]1O[C@@](C)(C2(C)CC=C3C(N)=NC=NN32)[C@H](O)[C@@H]1O. The Hall–Kier alpha value is -1.97. The minimum absolute atomic E-state index is 0.131. The number of hydrogen-bond donors (Lipinski definition) is 3. The van der Waals surface area contributed by atoms with Gasteiger partial charge in [0, 0.05) is 0 Å². The summed E-state index contributed by atoms with van der Waals surface area (Å²) in [5.74, 6) is -0.332. The lowest BCUT2D eigenvalue weighted by atomic mass is 9.76. The molecule has 1 fully saturated rings. The predicted octanol–water partition coefficient (Wildman–Crippen LogP) is -0.273. The molecule has 1 saturated heterocycles. The van der Waals surface area contributed by atoms with Crippen LogP contribution in [0.1, 0.15) is 34.1 Å². The van der Waals surface area contributed by atoms with Gasteiger partial charge in [-0.25, -0.2) is 4.99 Å². The minimum Gasteiger partial charge on any atom is -0.463 e. The fourth-order valence-electron chi connectivity index (χ4n) is 3.65. The molecule has 0 saturated carbocycles. The highest BCUT2D eigenvalue weighted by molar-refractivity contribution is 6.02. The van der Waals surface area contributed by atoms with E-state index in [4.69, 9.17) is 15.2 Å². The van der Waals surface area contributed by atoms with E-state index < -0.39 is 29.5 Å². The minimum atomic E-state index is -1.20. The van der Waals surface area contributed by atoms with Crippen LogP contribution in [0.5, 0.6) is 0 Å². The zero-order chi connectivity index (χ0) is 19.3. The molecule has 0 aromatic heterocycles. The Bertz CT molecular complexity index is 691. The molecule has 0 aliphatic carbocycles. The number of nitrogens with two attached hydrogens (primary N) is 1. The van der Waals surface area contributed by atoms with Crippen molar-refractivity contribution in [2.75, 3.05) is 6.61 Å². The van der Waals surface area contributed by atoms with Gasteiger partial charge in [-0.1, -0.05) is 19.9 Å². The monoisotopic (exact) mass is 366 g/mol. The number of amidine groups is 1. The van der Waals surface area contributed by atoms with Crippen LogP contribution in [0.15, 0.2) is 21.9 Å². The lowest BCUT2D eigenvalue weighted by Gasteiger charge is -2.47. The van der Waals surface area contributed by atoms with E-state index in [9.17, 15) is 15.0 Å². The Labute approximate surface area is 152 Å². The Morgan fingerprint density at radius 1 is 1.50 bits per heavy atom. The average Bonchev–Trinajstić information content (AvgIpc) is 3.06. The number of aliphatic imine (C=N–C) groups is 1. The van der Waals surface area contributed by atoms with Crippen molar-refractivity contribution in [2.45, 2.75) is 63.6 Å². The molecule has 4 N–H and O–H groups in total. The first-order valence-corrected chi connectivity index (χ1v) is 8.69. The molecule has 5 atom stereocenters. The van der Waals surface area contributed by atoms with E-state index in [1.165, 1.54) is 6.34 Å². The van der Waals surface area contributed by atoms with Crippen LogP contribution in [0, 0.1) is 5.92 Å². The van der Waals surface area contributed by atoms with E-state index in [0.29, 0.717) is 18.0 Å². The summed E-state index contributed by atoms with van der Waals surface area (Å²) in [6.45, 7) is 6.92. The lowest BCUT2D eigenvalue weighted by Crippen LogP contribution is -2.63. The largest absolute Gasteiger partial charge is 0.463 e. The van der Waals surface area contributed by atoms with Gasteiger partial charge in [-0.2, -0.15) is 5.10 Å². The maximum atomic E-state index is 11.7. The average molecular weight is 366 g/mol. The van der Waals surface area contributed by atoms with Gasteiger partial charge in [-0.15, -0.1) is 0 Å². The number of rotatable bonds is 4. The lowest BCUT2D eigenvalue weighted by molar-refractivity contribution is -0.167. The molecular formula is C17H26N4O5. The Morgan fingerprint density at radius 2 is 2.19 bits per heavy atom. The highest BCUT2D eigenvalue weighted by Gasteiger charge is 2.64. The first-order chi connectivity index (χ1) is 12.1. The maximum Gasteiger partial charge on any atom is 0.308 e. The van der Waals surface area contributed by atoms with Gasteiger partial charge in [0.1, 0.15) is 36.9 Å². The molecule has 3 aliphatic rings. The molecular weight excluding hydrogens is 340 g/mol. The summed E-state index contributed by atoms with van der Waals surface area (Å²) in [5, 5.41) is 27.2. The number of carbonyl (C=O) groups excluding carboxylic acids is 1. The van der Waals surface area contributed by atoms with Crippen molar-refractivity contribution in [3.63, 3.8) is 0 Å². The quantitative estimate of drug-likeness (QED) is 0.584. The van der Waals surface area contributed by atoms with E-state index in [1.54, 1.807) is 25.8 Å². The molecule has 0 bridgehead atoms. The van der Waals surface area contributed by atoms with E-state index >= 15 is 0 Å². The number of aliphatic hydroxyl groups is 2. The zero-order valence-electron chi connectivity index (χ0n) is 15.4. The van der Waals surface area contributed by atoms with Crippen LogP contribution in [0.4, 0.5) is 0 Å². The number of ether oxygens (including phenoxy) is 2. The fraction of sp³-hybridized carbons (Fsp3) is 0.706. The molecule has 0 aromatic carbocycles. The van der Waals surface area contributed by atoms with Crippen LogP contribution in [0.3, 0.4) is 0 Å². The molecule has 9 heteroatoms. The van der Waals surface area contributed by atoms with Crippen molar-refractivity contribution in [2.24, 2.45) is 21.7 Å². The molecule has 3 rings (SSSR count). The van der Waals surface area contributed by atoms with Crippen molar-refractivity contribution in [1.82, 2.24) is 5.01 Å². The molecule has 9 nitrogen and oxygen atoms in total. The Morgan fingerprint density at radius 3 is 2.85 bits per heavy atom. The molecule has 1 unspecified atom stereocenters. The fourth-order valence-corrected chi connectivity index (χ4v) is 3.65. The van der Waals surface area contributed by atoms with Gasteiger partial charge >= 0.3 is 5.97 Å². The van der Waals surface area contributed by atoms with Crippen LogP contribution in [-0.4, -0.2) is 69.4 Å². The summed E-state index contributed by atoms with van der Waals surface area (Å²) in [5.41, 5.74) is 4.60. The van der Waals surface area contributed by atoms with Crippen molar-refractivity contribution < 1.29 is 24.5 Å². The van der Waals surface area contributed by atoms with Crippen molar-refractivity contribution >= 4 is 18.1 Å². The number of fused-ring (bicyclic) bond motifs is 1. The van der Waals surface area contributed by atoms with Gasteiger partial charge in [-0.05, 0) is 20.3 Å². The standard InChI is InChI=1S/C17H26N4O5/c1-9(2)15(24)25-7-11-12(22)13(23)17(4,26-11)16(3)6-5-10-14(18)19-8-20-21(10)16/h5,8-9,11-13,22-23H,6-7H2,1-4H3,(H2,18,19,20)/t11-,12-,13-,16?,17-/m1/s1. The van der Waals surface area contributed by atoms with Gasteiger partial charge in [0.05, 0.1) is 17.2 Å². The maximum absolute atomic E-state index is 11.7. The molecule has 0 spiro atoms. The summed E-state index contributed by atoms with van der Waals surface area (Å²) in [7, 11) is 0. The Balaban J connectivity index is 1.80. The second-order valence-corrected chi connectivity index (χ2v) is 7.61. The summed E-state index contributed by atoms with van der Waals surface area (Å²) in [6, 6.07) is 0. The number of hydrazone groups is 1. The highest BCUT2D eigenvalue weighted by atomic mass is 16.6. The second kappa shape index (κ2) is 6.33. The number of nitrogens with zero attached hydrogens (tertiary/aromatic N) is 3. The van der Waals surface area contributed by atoms with Crippen molar-refractivity contribution in [1.29, 1.82) is 0 Å². The van der Waals surface area contributed by atoms with Crippen molar-refractivity contribution in [3.05, 3.63) is 11.8 Å². The Kier molecular flexibility index (Phi) is 4.58. The first-order valence-electron chi connectivity index (χ1n) is 8.69. The summed E-state index contributed by atoms with van der Waals surface area (Å²) in [6.07, 6.45) is 0.501. The van der Waals surface area contributed by atoms with Crippen LogP contribution in [0.2, 0.25) is 0 Å². The first kappa shape index (κ1) is 18.8. The van der Waals surface area contributed by atoms with E-state index in [1.807, 2.05) is 13.0 Å². The van der Waals surface area contributed by atoms with Crippen LogP contribution < -0.4 is 5.73 Å². The van der Waals surface area contributed by atoms with Gasteiger partial charge in [0.25, 0.3) is 0 Å². The van der Waals surface area contributed by atoms with Gasteiger partial charge < -0.3 is 25.4 Å². The molecule has 144 valence electrons. The number of hydrogen-bond acceptors (Lipinski definition) is 9. The molecule has 3 heterocycles. The van der Waals surface area contributed by atoms with E-state index in [0.717, 1.165) is 0 Å².